The number of hydrogen-bond donors (Lipinski definition) is 1. The summed E-state index contributed by atoms with van der Waals surface area (Å²) in [6.07, 6.45) is 0. The summed E-state index contributed by atoms with van der Waals surface area (Å²) in [6, 6.07) is 15.2. The molecule has 1 aliphatic heterocycles. The van der Waals surface area contributed by atoms with Crippen molar-refractivity contribution in [3.05, 3.63) is 69.6 Å². The predicted octanol–water partition coefficient (Wildman–Crippen LogP) is 4.00. The first-order valence-electron chi connectivity index (χ1n) is 7.73. The number of nitriles is 1. The number of rotatable bonds is 4. The molecule has 0 bridgehead atoms. The molecule has 2 aromatic rings. The Morgan fingerprint density at radius 3 is 2.72 bits per heavy atom. The molecule has 0 aliphatic carbocycles. The van der Waals surface area contributed by atoms with Gasteiger partial charge in [-0.3, -0.25) is 5.41 Å². The van der Waals surface area contributed by atoms with Crippen molar-refractivity contribution in [2.45, 2.75) is 19.4 Å². The lowest BCUT2D eigenvalue weighted by atomic mass is 9.82. The van der Waals surface area contributed by atoms with Gasteiger partial charge < -0.3 is 9.47 Å². The molecule has 126 valence electrons. The van der Waals surface area contributed by atoms with Gasteiger partial charge in [-0.25, -0.2) is 4.79 Å². The van der Waals surface area contributed by atoms with Crippen molar-refractivity contribution in [3.8, 4) is 6.07 Å². The van der Waals surface area contributed by atoms with Crippen LogP contribution in [0.15, 0.2) is 59.2 Å². The number of allylic oxidation sites excluding steroid dienone is 1. The highest BCUT2D eigenvalue weighted by atomic mass is 32.1. The zero-order valence-electron chi connectivity index (χ0n) is 13.6. The fourth-order valence-corrected chi connectivity index (χ4v) is 3.67. The lowest BCUT2D eigenvalue weighted by Gasteiger charge is -2.29. The minimum atomic E-state index is -0.846. The Bertz CT molecular complexity index is 851. The largest absolute Gasteiger partial charge is 0.457 e. The maximum Gasteiger partial charge on any atom is 0.338 e. The van der Waals surface area contributed by atoms with Crippen molar-refractivity contribution in [1.29, 1.82) is 10.7 Å². The molecule has 1 aromatic carbocycles. The highest BCUT2D eigenvalue weighted by molar-refractivity contribution is 7.10. The van der Waals surface area contributed by atoms with Crippen LogP contribution < -0.4 is 0 Å². The van der Waals surface area contributed by atoms with Gasteiger partial charge in [-0.1, -0.05) is 36.4 Å². The van der Waals surface area contributed by atoms with Crippen LogP contribution in [0.2, 0.25) is 0 Å². The van der Waals surface area contributed by atoms with Crippen molar-refractivity contribution in [1.82, 2.24) is 0 Å². The third-order valence-corrected chi connectivity index (χ3v) is 4.95. The topological polar surface area (TPSA) is 83.2 Å². The predicted molar refractivity (Wildman–Crippen MR) is 93.9 cm³/mol. The van der Waals surface area contributed by atoms with E-state index in [-0.39, 0.29) is 12.5 Å². The Hall–Kier alpha value is -2.91. The number of thiophene rings is 1. The van der Waals surface area contributed by atoms with Crippen molar-refractivity contribution in [2.24, 2.45) is 5.92 Å². The first kappa shape index (κ1) is 16.9. The van der Waals surface area contributed by atoms with Crippen LogP contribution in [0.5, 0.6) is 0 Å². The molecule has 3 rings (SSSR count). The summed E-state index contributed by atoms with van der Waals surface area (Å²) in [5.41, 5.74) is 1.18. The first-order valence-corrected chi connectivity index (χ1v) is 8.61. The molecule has 0 saturated heterocycles. The molecule has 5 nitrogen and oxygen atoms in total. The third kappa shape index (κ3) is 3.47. The maximum atomic E-state index is 12.7. The molecule has 0 radical (unpaired) electrons. The van der Waals surface area contributed by atoms with E-state index < -0.39 is 17.8 Å². The molecule has 25 heavy (non-hydrogen) atoms. The normalized spacial score (nSPS) is 19.9. The molecule has 6 heteroatoms. The van der Waals surface area contributed by atoms with E-state index >= 15 is 0 Å². The van der Waals surface area contributed by atoms with Crippen molar-refractivity contribution < 1.29 is 14.3 Å². The van der Waals surface area contributed by atoms with Crippen LogP contribution in [0.1, 0.15) is 23.3 Å². The zero-order chi connectivity index (χ0) is 17.8. The monoisotopic (exact) mass is 352 g/mol. The van der Waals surface area contributed by atoms with E-state index in [2.05, 4.69) is 6.07 Å². The Morgan fingerprint density at radius 1 is 1.32 bits per heavy atom. The second-order valence-corrected chi connectivity index (χ2v) is 6.58. The summed E-state index contributed by atoms with van der Waals surface area (Å²) in [5.74, 6) is -1.74. The van der Waals surface area contributed by atoms with Gasteiger partial charge in [0, 0.05) is 4.88 Å². The third-order valence-electron chi connectivity index (χ3n) is 3.99. The highest BCUT2D eigenvalue weighted by Gasteiger charge is 2.41. The number of carbonyl (C=O) groups is 1. The molecular weight excluding hydrogens is 336 g/mol. The summed E-state index contributed by atoms with van der Waals surface area (Å²) in [4.78, 5) is 13.6. The van der Waals surface area contributed by atoms with Crippen molar-refractivity contribution in [3.63, 3.8) is 0 Å². The van der Waals surface area contributed by atoms with Crippen LogP contribution in [0.25, 0.3) is 0 Å². The maximum absolute atomic E-state index is 12.7. The van der Waals surface area contributed by atoms with Gasteiger partial charge in [-0.15, -0.1) is 11.3 Å². The van der Waals surface area contributed by atoms with E-state index in [1.165, 1.54) is 11.3 Å². The van der Waals surface area contributed by atoms with E-state index in [4.69, 9.17) is 14.9 Å². The van der Waals surface area contributed by atoms with Gasteiger partial charge in [0.1, 0.15) is 18.3 Å². The second-order valence-electron chi connectivity index (χ2n) is 5.60. The minimum absolute atomic E-state index is 0.141. The smallest absolute Gasteiger partial charge is 0.338 e. The number of nitrogens with one attached hydrogen (secondary N) is 1. The lowest BCUT2D eigenvalue weighted by Crippen LogP contribution is -2.32. The van der Waals surface area contributed by atoms with Gasteiger partial charge in [0.25, 0.3) is 0 Å². The molecule has 1 aliphatic rings. The number of benzene rings is 1. The van der Waals surface area contributed by atoms with Gasteiger partial charge in [0.15, 0.2) is 0 Å². The van der Waals surface area contributed by atoms with Gasteiger partial charge in [0.05, 0.1) is 17.6 Å². The zero-order valence-corrected chi connectivity index (χ0v) is 14.4. The van der Waals surface area contributed by atoms with E-state index in [0.717, 1.165) is 10.4 Å². The highest BCUT2D eigenvalue weighted by Crippen LogP contribution is 2.41. The number of esters is 1. The summed E-state index contributed by atoms with van der Waals surface area (Å²) in [6.45, 7) is 1.77. The minimum Gasteiger partial charge on any atom is -0.457 e. The van der Waals surface area contributed by atoms with E-state index in [1.807, 2.05) is 47.8 Å². The Balaban J connectivity index is 1.90. The van der Waals surface area contributed by atoms with Crippen LogP contribution >= 0.6 is 11.3 Å². The van der Waals surface area contributed by atoms with Crippen molar-refractivity contribution >= 4 is 23.2 Å². The SMILES string of the molecule is CC1=C(C(=O)OCc2ccccc2)C(c2cccs2)C(C#N)C(=N)O1. The summed E-state index contributed by atoms with van der Waals surface area (Å²) < 4.78 is 10.8. The van der Waals surface area contributed by atoms with Gasteiger partial charge >= 0.3 is 5.97 Å². The molecule has 1 aromatic heterocycles. The molecule has 1 N–H and O–H groups in total. The first-order chi connectivity index (χ1) is 12.1. The van der Waals surface area contributed by atoms with Gasteiger partial charge in [-0.05, 0) is 23.9 Å². The quantitative estimate of drug-likeness (QED) is 0.843. The molecule has 2 heterocycles. The Morgan fingerprint density at radius 2 is 2.08 bits per heavy atom. The van der Waals surface area contributed by atoms with Crippen LogP contribution in [0.4, 0.5) is 0 Å². The second kappa shape index (κ2) is 7.32. The molecule has 0 amide bonds. The average Bonchev–Trinajstić information content (AvgIpc) is 3.14. The summed E-state index contributed by atoms with van der Waals surface area (Å²) in [5, 5.41) is 19.3. The molecule has 0 saturated carbocycles. The van der Waals surface area contributed by atoms with Gasteiger partial charge in [0.2, 0.25) is 5.90 Å². The van der Waals surface area contributed by atoms with Crippen molar-refractivity contribution in [2.75, 3.05) is 0 Å². The molecule has 0 spiro atoms. The number of nitrogens with zero attached hydrogens (tertiary/aromatic N) is 1. The van der Waals surface area contributed by atoms with E-state index in [1.54, 1.807) is 6.92 Å². The van der Waals surface area contributed by atoms with E-state index in [9.17, 15) is 10.1 Å². The van der Waals surface area contributed by atoms with E-state index in [0.29, 0.717) is 11.3 Å². The molecule has 0 fully saturated rings. The fourth-order valence-electron chi connectivity index (χ4n) is 2.80. The van der Waals surface area contributed by atoms with Crippen LogP contribution in [-0.4, -0.2) is 11.9 Å². The number of carbonyl (C=O) groups excluding carboxylic acids is 1. The Labute approximate surface area is 149 Å². The number of hydrogen-bond acceptors (Lipinski definition) is 6. The lowest BCUT2D eigenvalue weighted by molar-refractivity contribution is -0.141. The van der Waals surface area contributed by atoms with Gasteiger partial charge in [-0.2, -0.15) is 5.26 Å². The summed E-state index contributed by atoms with van der Waals surface area (Å²) >= 11 is 1.44. The standard InChI is InChI=1S/C19H16N2O3S/c1-12-16(19(22)23-11-13-6-3-2-4-7-13)17(15-8-5-9-25-15)14(10-20)18(21)24-12/h2-9,14,17,21H,11H2,1H3. The van der Waals surface area contributed by atoms with Crippen LogP contribution in [-0.2, 0) is 20.9 Å². The summed E-state index contributed by atoms with van der Waals surface area (Å²) in [7, 11) is 0. The molecule has 2 atom stereocenters. The Kier molecular flexibility index (Phi) is 4.96. The number of ether oxygens (including phenoxy) is 2. The fraction of sp³-hybridized carbons (Fsp3) is 0.211. The molecular formula is C19H16N2O3S. The molecule has 2 unspecified atom stereocenters. The van der Waals surface area contributed by atoms with Crippen LogP contribution in [0.3, 0.4) is 0 Å². The van der Waals surface area contributed by atoms with Crippen LogP contribution in [0, 0.1) is 22.7 Å². The average molecular weight is 352 g/mol.